The molecular weight excluding hydrogens is 372 g/mol. The van der Waals surface area contributed by atoms with E-state index in [4.69, 9.17) is 16.3 Å². The summed E-state index contributed by atoms with van der Waals surface area (Å²) in [6, 6.07) is 19.2. The van der Waals surface area contributed by atoms with Gasteiger partial charge in [0.1, 0.15) is 0 Å². The molecule has 0 radical (unpaired) electrons. The second kappa shape index (κ2) is 8.03. The number of methoxy groups -OCH3 is 1. The van der Waals surface area contributed by atoms with Crippen molar-refractivity contribution in [3.05, 3.63) is 83.0 Å². The smallest absolute Gasteiger partial charge is 0.254 e. The third kappa shape index (κ3) is 3.48. The predicted octanol–water partition coefficient (Wildman–Crippen LogP) is 5.39. The van der Waals surface area contributed by atoms with Crippen molar-refractivity contribution >= 4 is 17.5 Å². The second-order valence-electron chi connectivity index (χ2n) is 6.82. The minimum Gasteiger partial charge on any atom is -0.481 e. The van der Waals surface area contributed by atoms with Gasteiger partial charge < -0.3 is 9.64 Å². The van der Waals surface area contributed by atoms with Crippen LogP contribution < -0.4 is 4.74 Å². The maximum Gasteiger partial charge on any atom is 0.254 e. The summed E-state index contributed by atoms with van der Waals surface area (Å²) in [5, 5.41) is 0.714. The van der Waals surface area contributed by atoms with Gasteiger partial charge in [-0.25, -0.2) is 4.98 Å². The normalized spacial score (nSPS) is 16.2. The van der Waals surface area contributed by atoms with Crippen LogP contribution in [0.1, 0.15) is 34.8 Å². The number of halogens is 1. The zero-order chi connectivity index (χ0) is 19.5. The molecule has 2 aromatic carbocycles. The molecule has 4 nitrogen and oxygen atoms in total. The first-order chi connectivity index (χ1) is 13.7. The van der Waals surface area contributed by atoms with Crippen LogP contribution in [0.4, 0.5) is 0 Å². The number of hydrogen-bond acceptors (Lipinski definition) is 3. The molecule has 0 spiro atoms. The molecule has 1 aromatic heterocycles. The van der Waals surface area contributed by atoms with Crippen LogP contribution in [0.25, 0.3) is 11.1 Å². The molecule has 0 aliphatic carbocycles. The van der Waals surface area contributed by atoms with Gasteiger partial charge in [-0.15, -0.1) is 0 Å². The van der Waals surface area contributed by atoms with Crippen molar-refractivity contribution in [3.8, 4) is 17.0 Å². The quantitative estimate of drug-likeness (QED) is 0.598. The Morgan fingerprint density at radius 1 is 1.11 bits per heavy atom. The van der Waals surface area contributed by atoms with Crippen molar-refractivity contribution in [3.63, 3.8) is 0 Å². The summed E-state index contributed by atoms with van der Waals surface area (Å²) in [6.07, 6.45) is 3.61. The molecule has 28 heavy (non-hydrogen) atoms. The van der Waals surface area contributed by atoms with E-state index in [9.17, 15) is 4.79 Å². The van der Waals surface area contributed by atoms with Crippen LogP contribution in [0, 0.1) is 0 Å². The van der Waals surface area contributed by atoms with Gasteiger partial charge >= 0.3 is 0 Å². The number of benzene rings is 2. The van der Waals surface area contributed by atoms with Gasteiger partial charge in [-0.3, -0.25) is 4.79 Å². The van der Waals surface area contributed by atoms with Crippen LogP contribution in [0.5, 0.6) is 5.88 Å². The fourth-order valence-electron chi connectivity index (χ4n) is 3.81. The summed E-state index contributed by atoms with van der Waals surface area (Å²) >= 11 is 6.38. The summed E-state index contributed by atoms with van der Waals surface area (Å²) in [5.41, 5.74) is 3.56. The van der Waals surface area contributed by atoms with Crippen LogP contribution in [-0.4, -0.2) is 29.4 Å². The Morgan fingerprint density at radius 3 is 2.64 bits per heavy atom. The Morgan fingerprint density at radius 2 is 1.89 bits per heavy atom. The van der Waals surface area contributed by atoms with E-state index in [-0.39, 0.29) is 11.9 Å². The number of hydrogen-bond donors (Lipinski definition) is 0. The molecule has 142 valence electrons. The molecule has 5 heteroatoms. The van der Waals surface area contributed by atoms with E-state index in [1.807, 2.05) is 65.6 Å². The zero-order valence-corrected chi connectivity index (χ0v) is 16.4. The van der Waals surface area contributed by atoms with Gasteiger partial charge in [0.2, 0.25) is 5.88 Å². The lowest BCUT2D eigenvalue weighted by Crippen LogP contribution is -2.30. The highest BCUT2D eigenvalue weighted by Gasteiger charge is 2.31. The molecule has 0 N–H and O–H groups in total. The molecule has 1 atom stereocenters. The Bertz CT molecular complexity index is 988. The van der Waals surface area contributed by atoms with Crippen LogP contribution in [0.15, 0.2) is 66.9 Å². The zero-order valence-electron chi connectivity index (χ0n) is 15.6. The molecular formula is C23H21ClN2O2. The highest BCUT2D eigenvalue weighted by molar-refractivity contribution is 6.31. The highest BCUT2D eigenvalue weighted by atomic mass is 35.5. The van der Waals surface area contributed by atoms with E-state index in [2.05, 4.69) is 4.98 Å². The topological polar surface area (TPSA) is 42.4 Å². The first-order valence-corrected chi connectivity index (χ1v) is 9.71. The van der Waals surface area contributed by atoms with Crippen molar-refractivity contribution in [2.24, 2.45) is 0 Å². The third-order valence-electron chi connectivity index (χ3n) is 5.19. The second-order valence-corrected chi connectivity index (χ2v) is 7.22. The van der Waals surface area contributed by atoms with E-state index in [0.717, 1.165) is 36.1 Å². The number of likely N-dealkylation sites (tertiary alicyclic amines) is 1. The predicted molar refractivity (Wildman–Crippen MR) is 111 cm³/mol. The third-order valence-corrected chi connectivity index (χ3v) is 5.53. The summed E-state index contributed by atoms with van der Waals surface area (Å²) in [5.74, 6) is 0.604. The minimum absolute atomic E-state index is 0.0271. The number of carbonyl (C=O) groups excluding carboxylic acids is 1. The summed E-state index contributed by atoms with van der Waals surface area (Å²) in [6.45, 7) is 0.743. The van der Waals surface area contributed by atoms with Gasteiger partial charge in [0.15, 0.2) is 0 Å². The van der Waals surface area contributed by atoms with Crippen LogP contribution in [-0.2, 0) is 0 Å². The number of aromatic nitrogens is 1. The molecule has 1 fully saturated rings. The molecule has 0 unspecified atom stereocenters. The fraction of sp³-hybridized carbons (Fsp3) is 0.217. The lowest BCUT2D eigenvalue weighted by Gasteiger charge is -2.26. The Kier molecular flexibility index (Phi) is 5.31. The lowest BCUT2D eigenvalue weighted by molar-refractivity contribution is 0.0736. The first-order valence-electron chi connectivity index (χ1n) is 9.34. The number of rotatable bonds is 4. The molecule has 0 bridgehead atoms. The van der Waals surface area contributed by atoms with E-state index >= 15 is 0 Å². The number of nitrogens with zero attached hydrogens (tertiary/aromatic N) is 2. The summed E-state index contributed by atoms with van der Waals surface area (Å²) in [4.78, 5) is 19.3. The maximum absolute atomic E-state index is 13.2. The first kappa shape index (κ1) is 18.5. The van der Waals surface area contributed by atoms with E-state index in [1.165, 1.54) is 0 Å². The number of ether oxygens (including phenoxy) is 1. The van der Waals surface area contributed by atoms with Crippen LogP contribution in [0.2, 0.25) is 5.02 Å². The summed E-state index contributed by atoms with van der Waals surface area (Å²) < 4.78 is 5.33. The number of carbonyl (C=O) groups is 1. The Labute approximate surface area is 169 Å². The van der Waals surface area contributed by atoms with Crippen LogP contribution >= 0.6 is 11.6 Å². The van der Waals surface area contributed by atoms with Gasteiger partial charge in [0.25, 0.3) is 5.91 Å². The molecule has 1 aliphatic heterocycles. The van der Waals surface area contributed by atoms with E-state index in [1.54, 1.807) is 13.3 Å². The number of amides is 1. The molecule has 1 amide bonds. The molecule has 4 rings (SSSR count). The fourth-order valence-corrected chi connectivity index (χ4v) is 4.07. The van der Waals surface area contributed by atoms with Crippen LogP contribution in [0.3, 0.4) is 0 Å². The van der Waals surface area contributed by atoms with Crippen molar-refractivity contribution in [2.75, 3.05) is 13.7 Å². The van der Waals surface area contributed by atoms with Crippen molar-refractivity contribution in [1.29, 1.82) is 0 Å². The maximum atomic E-state index is 13.2. The average molecular weight is 393 g/mol. The monoisotopic (exact) mass is 392 g/mol. The van der Waals surface area contributed by atoms with Gasteiger partial charge in [-0.1, -0.05) is 41.9 Å². The van der Waals surface area contributed by atoms with Gasteiger partial charge in [0.05, 0.1) is 13.2 Å². The molecule has 1 aliphatic rings. The van der Waals surface area contributed by atoms with Crippen molar-refractivity contribution in [1.82, 2.24) is 9.88 Å². The SMILES string of the molecule is COc1ncccc1-c1ccc(C(=O)N2CCC[C@@H]2c2ccccc2Cl)cc1. The van der Waals surface area contributed by atoms with Crippen molar-refractivity contribution < 1.29 is 9.53 Å². The molecule has 2 heterocycles. The average Bonchev–Trinajstić information content (AvgIpc) is 3.23. The Balaban J connectivity index is 1.59. The highest BCUT2D eigenvalue weighted by Crippen LogP contribution is 2.37. The van der Waals surface area contributed by atoms with Gasteiger partial charge in [-0.2, -0.15) is 0 Å². The lowest BCUT2D eigenvalue weighted by atomic mass is 10.0. The number of pyridine rings is 1. The van der Waals surface area contributed by atoms with Crippen molar-refractivity contribution in [2.45, 2.75) is 18.9 Å². The molecule has 0 saturated carbocycles. The minimum atomic E-state index is 0.0271. The van der Waals surface area contributed by atoms with E-state index < -0.39 is 0 Å². The molecule has 1 saturated heterocycles. The standard InChI is InChI=1S/C23H21ClN2O2/c1-28-22-18(7-4-14-25-22)16-10-12-17(13-11-16)23(27)26-15-5-9-21(26)19-6-2-3-8-20(19)24/h2-4,6-8,10-14,21H,5,9,15H2,1H3/t21-/m1/s1. The summed E-state index contributed by atoms with van der Waals surface area (Å²) in [7, 11) is 1.60. The Hall–Kier alpha value is -2.85. The molecule has 3 aromatic rings. The van der Waals surface area contributed by atoms with E-state index in [0.29, 0.717) is 16.5 Å². The largest absolute Gasteiger partial charge is 0.481 e. The van der Waals surface area contributed by atoms with Gasteiger partial charge in [0, 0.05) is 28.9 Å². The van der Waals surface area contributed by atoms with Gasteiger partial charge in [-0.05, 0) is 54.3 Å².